The van der Waals surface area contributed by atoms with Crippen LogP contribution in [0.1, 0.15) is 77.8 Å². The van der Waals surface area contributed by atoms with Gasteiger partial charge in [-0.3, -0.25) is 9.36 Å². The normalized spacial score (nSPS) is 14.3. The lowest BCUT2D eigenvalue weighted by Gasteiger charge is -2.26. The van der Waals surface area contributed by atoms with Crippen LogP contribution in [0.15, 0.2) is 118 Å². The second kappa shape index (κ2) is 15.3. The Morgan fingerprint density at radius 3 is 2.18 bits per heavy atom. The Morgan fingerprint density at radius 2 is 1.50 bits per heavy atom. The summed E-state index contributed by atoms with van der Waals surface area (Å²) in [6.45, 7) is 8.53. The molecule has 0 N–H and O–H groups in total. The molecule has 9 heteroatoms. The molecule has 50 heavy (non-hydrogen) atoms. The van der Waals surface area contributed by atoms with Crippen molar-refractivity contribution in [3.63, 3.8) is 0 Å². The third-order valence-corrected chi connectivity index (χ3v) is 9.34. The van der Waals surface area contributed by atoms with Crippen molar-refractivity contribution < 1.29 is 23.8 Å². The highest BCUT2D eigenvalue weighted by atomic mass is 32.1. The molecule has 1 aromatic heterocycles. The third kappa shape index (κ3) is 7.23. The number of thiazole rings is 1. The summed E-state index contributed by atoms with van der Waals surface area (Å²) in [6, 6.07) is 31.4. The van der Waals surface area contributed by atoms with E-state index in [2.05, 4.69) is 13.8 Å². The Morgan fingerprint density at radius 1 is 0.840 bits per heavy atom. The average Bonchev–Trinajstić information content (AvgIpc) is 3.45. The van der Waals surface area contributed by atoms with Gasteiger partial charge in [-0.25, -0.2) is 14.6 Å². The molecule has 4 aromatic carbocycles. The zero-order valence-corrected chi connectivity index (χ0v) is 29.2. The number of carbonyl (C=O) groups excluding carboxylic acids is 2. The number of nitrogens with zero attached hydrogens (tertiary/aromatic N) is 2. The van der Waals surface area contributed by atoms with E-state index in [9.17, 15) is 14.4 Å². The van der Waals surface area contributed by atoms with Gasteiger partial charge < -0.3 is 14.2 Å². The Balaban J connectivity index is 1.44. The quantitative estimate of drug-likeness (QED) is 0.142. The fraction of sp³-hybridized carbons (Fsp3) is 0.220. The molecule has 0 fully saturated rings. The highest BCUT2D eigenvalue weighted by Crippen LogP contribution is 2.35. The summed E-state index contributed by atoms with van der Waals surface area (Å²) in [7, 11) is 0. The van der Waals surface area contributed by atoms with Crippen LogP contribution in [0.3, 0.4) is 0 Å². The summed E-state index contributed by atoms with van der Waals surface area (Å²) in [6.07, 6.45) is 1.80. The van der Waals surface area contributed by atoms with Gasteiger partial charge in [-0.15, -0.1) is 0 Å². The molecule has 0 aliphatic carbocycles. The molecular weight excluding hydrogens is 649 g/mol. The van der Waals surface area contributed by atoms with Gasteiger partial charge in [-0.05, 0) is 60.7 Å². The van der Waals surface area contributed by atoms with Crippen molar-refractivity contribution in [2.45, 2.75) is 46.3 Å². The van der Waals surface area contributed by atoms with Crippen molar-refractivity contribution >= 4 is 35.0 Å². The maximum absolute atomic E-state index is 14.4. The van der Waals surface area contributed by atoms with Gasteiger partial charge in [0.15, 0.2) is 4.80 Å². The number of fused-ring (bicyclic) bond motifs is 1. The zero-order chi connectivity index (χ0) is 35.2. The number of hydrogen-bond donors (Lipinski definition) is 0. The lowest BCUT2D eigenvalue weighted by Crippen LogP contribution is -2.40. The predicted molar refractivity (Wildman–Crippen MR) is 195 cm³/mol. The SMILES string of the molecule is CCOC(=O)C1=C(c2ccccc2)N=c2s/c(=C\c3ccccc3OCc3ccc(C(=O)OCC)cc3)c(=O)n2[C@@H]1c1ccc(C(C)C)cc1. The van der Waals surface area contributed by atoms with Gasteiger partial charge in [0.1, 0.15) is 12.4 Å². The first-order valence-electron chi connectivity index (χ1n) is 16.6. The molecule has 8 nitrogen and oxygen atoms in total. The smallest absolute Gasteiger partial charge is 0.338 e. The van der Waals surface area contributed by atoms with Gasteiger partial charge in [0.05, 0.1) is 40.6 Å². The molecule has 0 saturated heterocycles. The summed E-state index contributed by atoms with van der Waals surface area (Å²) in [5, 5.41) is 0. The zero-order valence-electron chi connectivity index (χ0n) is 28.4. The van der Waals surface area contributed by atoms with Gasteiger partial charge in [0.25, 0.3) is 5.56 Å². The average molecular weight is 687 g/mol. The van der Waals surface area contributed by atoms with Gasteiger partial charge in [-0.1, -0.05) is 110 Å². The second-order valence-electron chi connectivity index (χ2n) is 12.0. The summed E-state index contributed by atoms with van der Waals surface area (Å²) in [4.78, 5) is 45.7. The van der Waals surface area contributed by atoms with Crippen LogP contribution >= 0.6 is 11.3 Å². The van der Waals surface area contributed by atoms with E-state index in [1.807, 2.05) is 91.0 Å². The maximum atomic E-state index is 14.4. The number of hydrogen-bond acceptors (Lipinski definition) is 8. The van der Waals surface area contributed by atoms with Crippen LogP contribution in [0.2, 0.25) is 0 Å². The minimum atomic E-state index is -0.757. The number of para-hydroxylation sites is 1. The topological polar surface area (TPSA) is 96.2 Å². The molecule has 6 rings (SSSR count). The summed E-state index contributed by atoms with van der Waals surface area (Å²) < 4.78 is 18.9. The Hall–Kier alpha value is -5.54. The number of rotatable bonds is 11. The first kappa shape index (κ1) is 34.3. The van der Waals surface area contributed by atoms with Crippen molar-refractivity contribution in [3.8, 4) is 5.75 Å². The van der Waals surface area contributed by atoms with E-state index in [4.69, 9.17) is 19.2 Å². The Bertz CT molecular complexity index is 2220. The van der Waals surface area contributed by atoms with E-state index >= 15 is 0 Å². The van der Waals surface area contributed by atoms with Gasteiger partial charge in [-0.2, -0.15) is 0 Å². The summed E-state index contributed by atoms with van der Waals surface area (Å²) in [5.41, 5.74) is 5.27. The van der Waals surface area contributed by atoms with E-state index in [1.165, 1.54) is 11.3 Å². The van der Waals surface area contributed by atoms with E-state index in [1.54, 1.807) is 36.6 Å². The second-order valence-corrected chi connectivity index (χ2v) is 13.0. The van der Waals surface area contributed by atoms with Crippen LogP contribution in [-0.2, 0) is 20.9 Å². The van der Waals surface area contributed by atoms with Gasteiger partial charge in [0.2, 0.25) is 0 Å². The lowest BCUT2D eigenvalue weighted by molar-refractivity contribution is -0.138. The monoisotopic (exact) mass is 686 g/mol. The molecule has 1 atom stereocenters. The van der Waals surface area contributed by atoms with E-state index < -0.39 is 12.0 Å². The molecule has 0 unspecified atom stereocenters. The van der Waals surface area contributed by atoms with Crippen LogP contribution in [-0.4, -0.2) is 29.7 Å². The first-order chi connectivity index (χ1) is 24.3. The minimum absolute atomic E-state index is 0.181. The predicted octanol–water partition coefficient (Wildman–Crippen LogP) is 6.81. The lowest BCUT2D eigenvalue weighted by atomic mass is 9.91. The minimum Gasteiger partial charge on any atom is -0.488 e. The molecule has 1 aliphatic rings. The maximum Gasteiger partial charge on any atom is 0.338 e. The van der Waals surface area contributed by atoms with Crippen LogP contribution in [0.4, 0.5) is 0 Å². The fourth-order valence-electron chi connectivity index (χ4n) is 5.80. The molecule has 0 bridgehead atoms. The van der Waals surface area contributed by atoms with E-state index in [0.29, 0.717) is 50.0 Å². The third-order valence-electron chi connectivity index (χ3n) is 8.36. The van der Waals surface area contributed by atoms with Crippen LogP contribution < -0.4 is 19.6 Å². The Kier molecular flexibility index (Phi) is 10.5. The number of carbonyl (C=O) groups is 2. The first-order valence-corrected chi connectivity index (χ1v) is 17.5. The molecule has 1 aliphatic heterocycles. The standard InChI is InChI=1S/C41H38N2O6S/c1-5-47-39(45)31-18-16-27(17-19-31)25-49-33-15-11-10-14-32(33)24-34-38(44)43-37(30-22-20-28(21-23-30)26(3)4)35(40(46)48-6-2)36(42-41(43)50-34)29-12-8-7-9-13-29/h7-24,26,37H,5-6,25H2,1-4H3/b34-24-/t37-/m1/s1. The molecular formula is C41H38N2O6S. The number of aromatic nitrogens is 1. The highest BCUT2D eigenvalue weighted by Gasteiger charge is 2.35. The molecule has 0 spiro atoms. The van der Waals surface area contributed by atoms with Crippen molar-refractivity contribution in [3.05, 3.63) is 162 Å². The molecule has 0 saturated carbocycles. The van der Waals surface area contributed by atoms with Crippen LogP contribution in [0, 0.1) is 0 Å². The highest BCUT2D eigenvalue weighted by molar-refractivity contribution is 7.07. The van der Waals surface area contributed by atoms with E-state index in [0.717, 1.165) is 22.3 Å². The van der Waals surface area contributed by atoms with Crippen molar-refractivity contribution in [2.24, 2.45) is 4.99 Å². The fourth-order valence-corrected chi connectivity index (χ4v) is 6.80. The number of esters is 2. The number of benzene rings is 4. The largest absolute Gasteiger partial charge is 0.488 e. The van der Waals surface area contributed by atoms with Gasteiger partial charge in [0, 0.05) is 11.1 Å². The molecule has 2 heterocycles. The van der Waals surface area contributed by atoms with Gasteiger partial charge >= 0.3 is 11.9 Å². The molecule has 0 amide bonds. The summed E-state index contributed by atoms with van der Waals surface area (Å²) >= 11 is 1.26. The molecule has 0 radical (unpaired) electrons. The molecule has 254 valence electrons. The van der Waals surface area contributed by atoms with E-state index in [-0.39, 0.29) is 24.7 Å². The van der Waals surface area contributed by atoms with Crippen molar-refractivity contribution in [1.29, 1.82) is 0 Å². The Labute approximate surface area is 294 Å². The van der Waals surface area contributed by atoms with Crippen molar-refractivity contribution in [2.75, 3.05) is 13.2 Å². The van der Waals surface area contributed by atoms with Crippen LogP contribution in [0.25, 0.3) is 11.8 Å². The van der Waals surface area contributed by atoms with Crippen molar-refractivity contribution in [1.82, 2.24) is 4.57 Å². The molecule has 5 aromatic rings. The summed E-state index contributed by atoms with van der Waals surface area (Å²) in [5.74, 6) is 0.0197. The van der Waals surface area contributed by atoms with Crippen LogP contribution in [0.5, 0.6) is 5.75 Å². The number of ether oxygens (including phenoxy) is 3.